The largest absolute Gasteiger partial charge is 0.497 e. The quantitative estimate of drug-likeness (QED) is 0.833. The number of ketones is 1. The Kier molecular flexibility index (Phi) is 5.94. The lowest BCUT2D eigenvalue weighted by Gasteiger charge is -2.37. The average molecular weight is 353 g/mol. The van der Waals surface area contributed by atoms with E-state index >= 15 is 0 Å². The summed E-state index contributed by atoms with van der Waals surface area (Å²) >= 11 is 0. The van der Waals surface area contributed by atoms with Crippen LogP contribution in [0.2, 0.25) is 0 Å². The number of carbonyl (C=O) groups excluding carboxylic acids is 1. The molecule has 1 N–H and O–H groups in total. The predicted octanol–water partition coefficient (Wildman–Crippen LogP) is 4.46. The Bertz CT molecular complexity index is 724. The Labute approximate surface area is 155 Å². The van der Waals surface area contributed by atoms with E-state index in [-0.39, 0.29) is 18.0 Å². The lowest BCUT2D eigenvalue weighted by molar-refractivity contribution is -0.127. The van der Waals surface area contributed by atoms with Crippen molar-refractivity contribution in [2.75, 3.05) is 14.2 Å². The van der Waals surface area contributed by atoms with Gasteiger partial charge in [0.15, 0.2) is 0 Å². The Morgan fingerprint density at radius 2 is 1.46 bits per heavy atom. The van der Waals surface area contributed by atoms with Crippen molar-refractivity contribution in [3.8, 4) is 11.5 Å². The van der Waals surface area contributed by atoms with Crippen molar-refractivity contribution in [1.82, 2.24) is 5.32 Å². The van der Waals surface area contributed by atoms with Crippen LogP contribution in [0.5, 0.6) is 11.5 Å². The van der Waals surface area contributed by atoms with E-state index < -0.39 is 0 Å². The van der Waals surface area contributed by atoms with E-state index in [9.17, 15) is 4.79 Å². The van der Waals surface area contributed by atoms with Gasteiger partial charge in [-0.1, -0.05) is 37.6 Å². The van der Waals surface area contributed by atoms with E-state index in [0.29, 0.717) is 12.2 Å². The minimum Gasteiger partial charge on any atom is -0.497 e. The molecule has 3 atom stereocenters. The number of rotatable bonds is 6. The number of ether oxygens (including phenoxy) is 2. The van der Waals surface area contributed by atoms with Crippen LogP contribution in [0.25, 0.3) is 0 Å². The Morgan fingerprint density at radius 1 is 0.923 bits per heavy atom. The van der Waals surface area contributed by atoms with Crippen LogP contribution in [0.4, 0.5) is 0 Å². The zero-order valence-electron chi connectivity index (χ0n) is 15.7. The fraction of sp³-hybridized carbons (Fsp3) is 0.409. The lowest BCUT2D eigenvalue weighted by atomic mass is 9.79. The van der Waals surface area contributed by atoms with Gasteiger partial charge in [0, 0.05) is 24.4 Å². The van der Waals surface area contributed by atoms with Gasteiger partial charge < -0.3 is 14.8 Å². The van der Waals surface area contributed by atoms with E-state index in [2.05, 4.69) is 24.4 Å². The van der Waals surface area contributed by atoms with Crippen molar-refractivity contribution in [2.24, 2.45) is 5.92 Å². The molecule has 1 aliphatic heterocycles. The molecule has 0 radical (unpaired) electrons. The van der Waals surface area contributed by atoms with Gasteiger partial charge in [-0.3, -0.25) is 4.79 Å². The van der Waals surface area contributed by atoms with E-state index in [1.165, 1.54) is 0 Å². The molecule has 2 aromatic carbocycles. The second-order valence-electron chi connectivity index (χ2n) is 6.81. The highest BCUT2D eigenvalue weighted by molar-refractivity contribution is 5.83. The van der Waals surface area contributed by atoms with Gasteiger partial charge in [0.1, 0.15) is 17.3 Å². The number of hydrogen-bond acceptors (Lipinski definition) is 4. The fourth-order valence-corrected chi connectivity index (χ4v) is 3.76. The maximum absolute atomic E-state index is 12.9. The zero-order valence-corrected chi connectivity index (χ0v) is 15.7. The zero-order chi connectivity index (χ0) is 18.5. The summed E-state index contributed by atoms with van der Waals surface area (Å²) in [5.41, 5.74) is 2.25. The van der Waals surface area contributed by atoms with Gasteiger partial charge in [-0.05, 0) is 41.8 Å². The van der Waals surface area contributed by atoms with Gasteiger partial charge in [-0.15, -0.1) is 0 Å². The summed E-state index contributed by atoms with van der Waals surface area (Å²) in [5, 5.41) is 3.72. The lowest BCUT2D eigenvalue weighted by Crippen LogP contribution is -2.42. The Morgan fingerprint density at radius 3 is 1.96 bits per heavy atom. The third kappa shape index (κ3) is 3.91. The molecular formula is C22H27NO3. The molecule has 0 saturated carbocycles. The molecule has 1 saturated heterocycles. The van der Waals surface area contributed by atoms with Crippen LogP contribution in [0.15, 0.2) is 48.5 Å². The first-order chi connectivity index (χ1) is 12.7. The molecule has 0 unspecified atom stereocenters. The first-order valence-corrected chi connectivity index (χ1v) is 9.23. The van der Waals surface area contributed by atoms with Crippen LogP contribution in [0.3, 0.4) is 0 Å². The molecule has 0 bridgehead atoms. The molecular weight excluding hydrogens is 326 g/mol. The predicted molar refractivity (Wildman–Crippen MR) is 103 cm³/mol. The van der Waals surface area contributed by atoms with Gasteiger partial charge in [-0.25, -0.2) is 0 Å². The maximum Gasteiger partial charge on any atom is 0.139 e. The number of Topliss-reactive ketones (excluding diaryl/α,β-unsaturated/α-hetero) is 1. The number of nitrogens with one attached hydrogen (secondary N) is 1. The number of benzene rings is 2. The number of piperidine rings is 1. The summed E-state index contributed by atoms with van der Waals surface area (Å²) in [6.45, 7) is 2.13. The van der Waals surface area contributed by atoms with Gasteiger partial charge in [0.05, 0.1) is 14.2 Å². The van der Waals surface area contributed by atoms with Crippen LogP contribution < -0.4 is 14.8 Å². The highest BCUT2D eigenvalue weighted by Crippen LogP contribution is 2.37. The second kappa shape index (κ2) is 8.37. The molecule has 0 aromatic heterocycles. The van der Waals surface area contributed by atoms with E-state index in [4.69, 9.17) is 9.47 Å². The summed E-state index contributed by atoms with van der Waals surface area (Å²) in [5.74, 6) is 2.01. The van der Waals surface area contributed by atoms with Crippen molar-refractivity contribution < 1.29 is 14.3 Å². The van der Waals surface area contributed by atoms with Crippen molar-refractivity contribution in [1.29, 1.82) is 0 Å². The Hall–Kier alpha value is -2.33. The molecule has 26 heavy (non-hydrogen) atoms. The molecule has 138 valence electrons. The topological polar surface area (TPSA) is 47.6 Å². The van der Waals surface area contributed by atoms with Gasteiger partial charge in [-0.2, -0.15) is 0 Å². The maximum atomic E-state index is 12.9. The Balaban J connectivity index is 1.87. The molecule has 2 aromatic rings. The monoisotopic (exact) mass is 353 g/mol. The number of hydrogen-bond donors (Lipinski definition) is 1. The normalized spacial score (nSPS) is 22.9. The van der Waals surface area contributed by atoms with Crippen LogP contribution >= 0.6 is 0 Å². The molecule has 1 aliphatic rings. The fourth-order valence-electron chi connectivity index (χ4n) is 3.76. The van der Waals surface area contributed by atoms with Crippen molar-refractivity contribution in [2.45, 2.75) is 38.3 Å². The third-order valence-electron chi connectivity index (χ3n) is 5.19. The van der Waals surface area contributed by atoms with Gasteiger partial charge in [0.25, 0.3) is 0 Å². The SMILES string of the molecule is CCC[C@H]1C(=O)C[C@H](c2ccc(OC)cc2)N[C@@H]1c1ccc(OC)cc1. The molecule has 0 amide bonds. The van der Waals surface area contributed by atoms with E-state index in [0.717, 1.165) is 35.5 Å². The van der Waals surface area contributed by atoms with Crippen molar-refractivity contribution in [3.05, 3.63) is 59.7 Å². The number of carbonyl (C=O) groups is 1. The molecule has 0 spiro atoms. The summed E-state index contributed by atoms with van der Waals surface area (Å²) in [6, 6.07) is 16.0. The first kappa shape index (κ1) is 18.5. The highest BCUT2D eigenvalue weighted by Gasteiger charge is 2.36. The standard InChI is InChI=1S/C22H27NO3/c1-4-5-19-21(24)14-20(15-6-10-17(25-2)11-7-15)23-22(19)16-8-12-18(26-3)13-9-16/h6-13,19-20,22-23H,4-5,14H2,1-3H3/t19-,20+,22+/m0/s1. The van der Waals surface area contributed by atoms with E-state index in [1.54, 1.807) is 14.2 Å². The third-order valence-corrected chi connectivity index (χ3v) is 5.19. The average Bonchev–Trinajstić information content (AvgIpc) is 2.69. The van der Waals surface area contributed by atoms with Crippen molar-refractivity contribution in [3.63, 3.8) is 0 Å². The summed E-state index contributed by atoms with van der Waals surface area (Å²) in [6.07, 6.45) is 2.43. The molecule has 0 aliphatic carbocycles. The first-order valence-electron chi connectivity index (χ1n) is 9.23. The summed E-state index contributed by atoms with van der Waals surface area (Å²) < 4.78 is 10.5. The van der Waals surface area contributed by atoms with Crippen LogP contribution in [-0.2, 0) is 4.79 Å². The minimum absolute atomic E-state index is 0.0166. The molecule has 1 heterocycles. The molecule has 3 rings (SSSR count). The van der Waals surface area contributed by atoms with E-state index in [1.807, 2.05) is 36.4 Å². The van der Waals surface area contributed by atoms with Crippen molar-refractivity contribution >= 4 is 5.78 Å². The second-order valence-corrected chi connectivity index (χ2v) is 6.81. The highest BCUT2D eigenvalue weighted by atomic mass is 16.5. The van der Waals surface area contributed by atoms with Crippen LogP contribution in [-0.4, -0.2) is 20.0 Å². The van der Waals surface area contributed by atoms with Gasteiger partial charge in [0.2, 0.25) is 0 Å². The molecule has 1 fully saturated rings. The smallest absolute Gasteiger partial charge is 0.139 e. The van der Waals surface area contributed by atoms with Crippen LogP contribution in [0.1, 0.15) is 49.4 Å². The summed E-state index contributed by atoms with van der Waals surface area (Å²) in [4.78, 5) is 12.9. The summed E-state index contributed by atoms with van der Waals surface area (Å²) in [7, 11) is 3.32. The molecule has 4 heteroatoms. The number of methoxy groups -OCH3 is 2. The van der Waals surface area contributed by atoms with Crippen LogP contribution in [0, 0.1) is 5.92 Å². The minimum atomic E-state index is 0.0166. The molecule has 4 nitrogen and oxygen atoms in total. The van der Waals surface area contributed by atoms with Gasteiger partial charge >= 0.3 is 0 Å².